The average molecular weight is 256 g/mol. The van der Waals surface area contributed by atoms with Gasteiger partial charge in [0.15, 0.2) is 6.04 Å². The largest absolute Gasteiger partial charge is 0.480 e. The topological polar surface area (TPSA) is 116 Å². The summed E-state index contributed by atoms with van der Waals surface area (Å²) in [5, 5.41) is 26.2. The zero-order valence-electron chi connectivity index (χ0n) is 10.2. The van der Waals surface area contributed by atoms with E-state index in [1.807, 2.05) is 6.92 Å². The number of aromatic nitrogens is 2. The first-order chi connectivity index (χ1) is 8.47. The van der Waals surface area contributed by atoms with Gasteiger partial charge < -0.3 is 20.8 Å². The molecule has 0 spiro atoms. The smallest absolute Gasteiger partial charge is 0.328 e. The number of urea groups is 1. The van der Waals surface area contributed by atoms with Crippen LogP contribution in [0.5, 0.6) is 0 Å². The molecule has 0 radical (unpaired) electrons. The van der Waals surface area contributed by atoms with Crippen molar-refractivity contribution in [2.24, 2.45) is 7.05 Å². The summed E-state index contributed by atoms with van der Waals surface area (Å²) in [5.74, 6) is -1.30. The first-order valence-electron chi connectivity index (χ1n) is 5.41. The Kier molecular flexibility index (Phi) is 4.67. The third kappa shape index (κ3) is 3.45. The van der Waals surface area contributed by atoms with Crippen molar-refractivity contribution in [3.05, 3.63) is 11.9 Å². The molecule has 2 amide bonds. The Morgan fingerprint density at radius 2 is 2.22 bits per heavy atom. The maximum absolute atomic E-state index is 11.5. The zero-order valence-corrected chi connectivity index (χ0v) is 10.2. The number of carbonyl (C=O) groups is 2. The molecule has 0 aromatic carbocycles. The summed E-state index contributed by atoms with van der Waals surface area (Å²) in [6.07, 6.45) is 2.26. The van der Waals surface area contributed by atoms with Gasteiger partial charge in [-0.05, 0) is 6.42 Å². The number of aliphatic hydroxyl groups excluding tert-OH is 1. The molecule has 4 N–H and O–H groups in total. The van der Waals surface area contributed by atoms with Gasteiger partial charge in [0.25, 0.3) is 0 Å². The number of carbonyl (C=O) groups excluding carboxylic acids is 1. The van der Waals surface area contributed by atoms with Crippen molar-refractivity contribution >= 4 is 17.7 Å². The Balaban J connectivity index is 2.66. The second kappa shape index (κ2) is 6.01. The molecular formula is C10H16N4O4. The van der Waals surface area contributed by atoms with Crippen molar-refractivity contribution in [2.45, 2.75) is 19.4 Å². The van der Waals surface area contributed by atoms with Gasteiger partial charge >= 0.3 is 12.0 Å². The lowest BCUT2D eigenvalue weighted by atomic mass is 10.3. The van der Waals surface area contributed by atoms with Crippen molar-refractivity contribution in [3.63, 3.8) is 0 Å². The van der Waals surface area contributed by atoms with Crippen LogP contribution in [0.1, 0.15) is 12.6 Å². The molecular weight excluding hydrogens is 240 g/mol. The molecule has 0 bridgehead atoms. The zero-order chi connectivity index (χ0) is 13.7. The number of rotatable bonds is 5. The van der Waals surface area contributed by atoms with Gasteiger partial charge in [-0.2, -0.15) is 5.10 Å². The highest BCUT2D eigenvalue weighted by Crippen LogP contribution is 2.13. The molecule has 0 saturated carbocycles. The minimum atomic E-state index is -1.33. The molecule has 0 saturated heterocycles. The molecule has 0 aliphatic rings. The molecule has 18 heavy (non-hydrogen) atoms. The lowest BCUT2D eigenvalue weighted by Gasteiger charge is -2.12. The van der Waals surface area contributed by atoms with Gasteiger partial charge in [0.05, 0.1) is 18.0 Å². The van der Waals surface area contributed by atoms with Gasteiger partial charge in [0, 0.05) is 13.2 Å². The van der Waals surface area contributed by atoms with Gasteiger partial charge in [0.2, 0.25) is 0 Å². The first kappa shape index (κ1) is 14.0. The SMILES string of the molecule is CCc1nn(C)cc1NC(=O)NC(CO)C(=O)O. The Morgan fingerprint density at radius 1 is 1.56 bits per heavy atom. The minimum absolute atomic E-state index is 0.513. The van der Waals surface area contributed by atoms with E-state index in [0.717, 1.165) is 0 Å². The predicted molar refractivity (Wildman–Crippen MR) is 63.3 cm³/mol. The van der Waals surface area contributed by atoms with Crippen molar-refractivity contribution in [3.8, 4) is 0 Å². The Morgan fingerprint density at radius 3 is 2.72 bits per heavy atom. The molecule has 1 heterocycles. The number of nitrogens with zero attached hydrogens (tertiary/aromatic N) is 2. The number of amides is 2. The van der Waals surface area contributed by atoms with Crippen LogP contribution in [0.15, 0.2) is 6.20 Å². The molecule has 0 aliphatic carbocycles. The fraction of sp³-hybridized carbons (Fsp3) is 0.500. The molecule has 1 unspecified atom stereocenters. The molecule has 8 heteroatoms. The van der Waals surface area contributed by atoms with Crippen LogP contribution in [0.3, 0.4) is 0 Å². The fourth-order valence-electron chi connectivity index (χ4n) is 1.40. The maximum atomic E-state index is 11.5. The molecule has 0 aliphatic heterocycles. The highest BCUT2D eigenvalue weighted by Gasteiger charge is 2.19. The van der Waals surface area contributed by atoms with E-state index < -0.39 is 24.6 Å². The minimum Gasteiger partial charge on any atom is -0.480 e. The van der Waals surface area contributed by atoms with E-state index in [0.29, 0.717) is 17.8 Å². The van der Waals surface area contributed by atoms with Crippen LogP contribution in [0, 0.1) is 0 Å². The van der Waals surface area contributed by atoms with Gasteiger partial charge in [0.1, 0.15) is 0 Å². The quantitative estimate of drug-likeness (QED) is 0.569. The first-order valence-corrected chi connectivity index (χ1v) is 5.41. The number of hydrogen-bond acceptors (Lipinski definition) is 4. The van der Waals surface area contributed by atoms with E-state index in [9.17, 15) is 9.59 Å². The highest BCUT2D eigenvalue weighted by atomic mass is 16.4. The number of aryl methyl sites for hydroxylation is 2. The number of carboxylic acids is 1. The van der Waals surface area contributed by atoms with Crippen LogP contribution >= 0.6 is 0 Å². The summed E-state index contributed by atoms with van der Waals surface area (Å²) in [5.41, 5.74) is 1.21. The molecule has 1 aromatic heterocycles. The summed E-state index contributed by atoms with van der Waals surface area (Å²) in [6.45, 7) is 1.22. The maximum Gasteiger partial charge on any atom is 0.328 e. The third-order valence-electron chi connectivity index (χ3n) is 2.27. The molecule has 100 valence electrons. The number of anilines is 1. The van der Waals surface area contributed by atoms with Gasteiger partial charge in [-0.15, -0.1) is 0 Å². The standard InChI is InChI=1S/C10H16N4O4/c1-3-6-7(4-14(2)13-6)11-10(18)12-8(5-15)9(16)17/h4,8,15H,3,5H2,1-2H3,(H,16,17)(H2,11,12,18). The fourth-order valence-corrected chi connectivity index (χ4v) is 1.40. The van der Waals surface area contributed by atoms with Crippen LogP contribution < -0.4 is 10.6 Å². The van der Waals surface area contributed by atoms with Crippen LogP contribution in [0.25, 0.3) is 0 Å². The number of aliphatic hydroxyl groups is 1. The van der Waals surface area contributed by atoms with E-state index in [1.165, 1.54) is 0 Å². The summed E-state index contributed by atoms with van der Waals surface area (Å²) in [4.78, 5) is 22.2. The highest BCUT2D eigenvalue weighted by molar-refractivity contribution is 5.92. The van der Waals surface area contributed by atoms with Gasteiger partial charge in [-0.1, -0.05) is 6.92 Å². The van der Waals surface area contributed by atoms with Crippen LogP contribution in [-0.4, -0.2) is 44.6 Å². The van der Waals surface area contributed by atoms with Crippen molar-refractivity contribution in [1.29, 1.82) is 0 Å². The summed E-state index contributed by atoms with van der Waals surface area (Å²) >= 11 is 0. The Bertz CT molecular complexity index is 443. The molecule has 8 nitrogen and oxygen atoms in total. The summed E-state index contributed by atoms with van der Waals surface area (Å²) < 4.78 is 1.55. The van der Waals surface area contributed by atoms with Crippen molar-refractivity contribution in [1.82, 2.24) is 15.1 Å². The second-order valence-corrected chi connectivity index (χ2v) is 3.69. The van der Waals surface area contributed by atoms with Crippen molar-refractivity contribution in [2.75, 3.05) is 11.9 Å². The van der Waals surface area contributed by atoms with Gasteiger partial charge in [-0.25, -0.2) is 9.59 Å². The van der Waals surface area contributed by atoms with Crippen LogP contribution in [-0.2, 0) is 18.3 Å². The Hall–Kier alpha value is -2.09. The summed E-state index contributed by atoms with van der Waals surface area (Å²) in [7, 11) is 1.72. The number of aliphatic carboxylic acids is 1. The Labute approximate surface area is 104 Å². The number of hydrogen-bond donors (Lipinski definition) is 4. The number of nitrogens with one attached hydrogen (secondary N) is 2. The van der Waals surface area contributed by atoms with Crippen LogP contribution in [0.2, 0.25) is 0 Å². The average Bonchev–Trinajstić information content (AvgIpc) is 2.65. The van der Waals surface area contributed by atoms with Crippen LogP contribution in [0.4, 0.5) is 10.5 Å². The van der Waals surface area contributed by atoms with E-state index in [2.05, 4.69) is 15.7 Å². The van der Waals surface area contributed by atoms with E-state index >= 15 is 0 Å². The van der Waals surface area contributed by atoms with E-state index in [4.69, 9.17) is 10.2 Å². The summed E-state index contributed by atoms with van der Waals surface area (Å²) in [6, 6.07) is -2.02. The normalized spacial score (nSPS) is 11.9. The second-order valence-electron chi connectivity index (χ2n) is 3.69. The lowest BCUT2D eigenvalue weighted by molar-refractivity contribution is -0.140. The monoisotopic (exact) mass is 256 g/mol. The lowest BCUT2D eigenvalue weighted by Crippen LogP contribution is -2.45. The van der Waals surface area contributed by atoms with Crippen molar-refractivity contribution < 1.29 is 19.8 Å². The third-order valence-corrected chi connectivity index (χ3v) is 2.27. The van der Waals surface area contributed by atoms with E-state index in [1.54, 1.807) is 17.9 Å². The van der Waals surface area contributed by atoms with E-state index in [-0.39, 0.29) is 0 Å². The molecule has 0 fully saturated rings. The molecule has 1 aromatic rings. The molecule has 1 rings (SSSR count). The van der Waals surface area contributed by atoms with Gasteiger partial charge in [-0.3, -0.25) is 4.68 Å². The molecule has 1 atom stereocenters. The number of carboxylic acid groups (broad SMARTS) is 1. The predicted octanol–water partition coefficient (Wildman–Crippen LogP) is -0.450.